The summed E-state index contributed by atoms with van der Waals surface area (Å²) in [5.41, 5.74) is 1.93. The number of methoxy groups -OCH3 is 1. The fourth-order valence-corrected chi connectivity index (χ4v) is 3.78. The molecule has 9 heteroatoms. The van der Waals surface area contributed by atoms with Gasteiger partial charge in [0.25, 0.3) is 0 Å². The molecular weight excluding hydrogens is 406 g/mol. The molecule has 0 unspecified atom stereocenters. The molecular formula is C23H27N7O2. The summed E-state index contributed by atoms with van der Waals surface area (Å²) in [6.45, 7) is 6.59. The minimum Gasteiger partial charge on any atom is -0.496 e. The van der Waals surface area contributed by atoms with Gasteiger partial charge in [-0.2, -0.15) is 10.4 Å². The number of aromatic amines is 1. The van der Waals surface area contributed by atoms with Crippen LogP contribution in [0, 0.1) is 11.3 Å². The van der Waals surface area contributed by atoms with Crippen LogP contribution in [0.4, 0.5) is 11.6 Å². The monoisotopic (exact) mass is 433 g/mol. The Balaban J connectivity index is 1.43. The second-order valence-corrected chi connectivity index (χ2v) is 8.00. The smallest absolute Gasteiger partial charge is 0.158 e. The van der Waals surface area contributed by atoms with Gasteiger partial charge in [0.15, 0.2) is 11.5 Å². The lowest BCUT2D eigenvalue weighted by atomic mass is 10.1. The number of piperidine rings is 1. The lowest BCUT2D eigenvalue weighted by Crippen LogP contribution is -2.41. The highest BCUT2D eigenvalue weighted by molar-refractivity contribution is 5.71. The zero-order valence-electron chi connectivity index (χ0n) is 18.5. The molecule has 0 spiro atoms. The summed E-state index contributed by atoms with van der Waals surface area (Å²) in [6, 6.07) is 10.2. The molecule has 2 N–H and O–H groups in total. The van der Waals surface area contributed by atoms with Crippen molar-refractivity contribution in [2.45, 2.75) is 38.8 Å². The highest BCUT2D eigenvalue weighted by atomic mass is 16.5. The number of hydrogen-bond acceptors (Lipinski definition) is 8. The zero-order chi connectivity index (χ0) is 22.5. The molecule has 3 heterocycles. The van der Waals surface area contributed by atoms with E-state index in [1.165, 1.54) is 12.4 Å². The van der Waals surface area contributed by atoms with Crippen molar-refractivity contribution >= 4 is 11.6 Å². The number of anilines is 2. The van der Waals surface area contributed by atoms with E-state index in [0.29, 0.717) is 23.4 Å². The van der Waals surface area contributed by atoms with Gasteiger partial charge in [-0.05, 0) is 38.8 Å². The van der Waals surface area contributed by atoms with Crippen LogP contribution in [0.3, 0.4) is 0 Å². The van der Waals surface area contributed by atoms with Gasteiger partial charge in [-0.1, -0.05) is 0 Å². The Labute approximate surface area is 187 Å². The number of hydrogen-bond donors (Lipinski definition) is 2. The summed E-state index contributed by atoms with van der Waals surface area (Å²) < 4.78 is 11.9. The number of benzene rings is 1. The normalized spacial score (nSPS) is 14.8. The van der Waals surface area contributed by atoms with Crippen LogP contribution in [0.5, 0.6) is 11.5 Å². The molecule has 0 atom stereocenters. The van der Waals surface area contributed by atoms with Crippen LogP contribution in [-0.4, -0.2) is 57.4 Å². The summed E-state index contributed by atoms with van der Waals surface area (Å²) in [5.74, 6) is 2.59. The Morgan fingerprint density at radius 2 is 1.97 bits per heavy atom. The topological polar surface area (TPSA) is 112 Å². The van der Waals surface area contributed by atoms with Gasteiger partial charge in [0.1, 0.15) is 29.5 Å². The molecule has 166 valence electrons. The standard InChI is InChI=1S/C23H27N7O2/c1-15(2)30-8-6-17(7-9-30)32-18-4-5-19(21(10-18)31-3)20-11-22(29-28-20)27-23-14-25-16(12-24)13-26-23/h4-5,10-11,13-15,17H,6-9H2,1-3H3,(H2,26,27,28,29). The van der Waals surface area contributed by atoms with E-state index in [2.05, 4.69) is 44.2 Å². The van der Waals surface area contributed by atoms with Crippen molar-refractivity contribution in [2.75, 3.05) is 25.5 Å². The molecule has 0 radical (unpaired) electrons. The van der Waals surface area contributed by atoms with E-state index in [1.54, 1.807) is 7.11 Å². The van der Waals surface area contributed by atoms with Crippen molar-refractivity contribution < 1.29 is 9.47 Å². The molecule has 2 aromatic heterocycles. The maximum Gasteiger partial charge on any atom is 0.158 e. The van der Waals surface area contributed by atoms with Crippen LogP contribution in [0.1, 0.15) is 32.4 Å². The van der Waals surface area contributed by atoms with Crippen LogP contribution in [-0.2, 0) is 0 Å². The number of nitrogens with zero attached hydrogens (tertiary/aromatic N) is 5. The maximum absolute atomic E-state index is 8.83. The second-order valence-electron chi connectivity index (χ2n) is 8.00. The van der Waals surface area contributed by atoms with Crippen molar-refractivity contribution in [3.8, 4) is 28.8 Å². The Hall–Kier alpha value is -3.64. The van der Waals surface area contributed by atoms with Gasteiger partial charge in [-0.15, -0.1) is 0 Å². The summed E-state index contributed by atoms with van der Waals surface area (Å²) in [5, 5.41) is 19.2. The summed E-state index contributed by atoms with van der Waals surface area (Å²) in [6.07, 6.45) is 5.17. The Morgan fingerprint density at radius 3 is 2.62 bits per heavy atom. The molecule has 1 saturated heterocycles. The van der Waals surface area contributed by atoms with Gasteiger partial charge in [-0.25, -0.2) is 9.97 Å². The van der Waals surface area contributed by atoms with Gasteiger partial charge in [0.05, 0.1) is 25.2 Å². The number of H-pyrrole nitrogens is 1. The van der Waals surface area contributed by atoms with Gasteiger partial charge in [0, 0.05) is 36.8 Å². The van der Waals surface area contributed by atoms with Gasteiger partial charge in [-0.3, -0.25) is 5.10 Å². The Morgan fingerprint density at radius 1 is 1.16 bits per heavy atom. The van der Waals surface area contributed by atoms with E-state index in [-0.39, 0.29) is 11.8 Å². The molecule has 1 aliphatic rings. The largest absolute Gasteiger partial charge is 0.496 e. The van der Waals surface area contributed by atoms with Crippen molar-refractivity contribution in [3.63, 3.8) is 0 Å². The van der Waals surface area contributed by atoms with Gasteiger partial charge < -0.3 is 19.7 Å². The van der Waals surface area contributed by atoms with E-state index in [1.807, 2.05) is 30.3 Å². The van der Waals surface area contributed by atoms with Gasteiger partial charge >= 0.3 is 0 Å². The Bertz CT molecular complexity index is 1080. The molecule has 9 nitrogen and oxygen atoms in total. The number of ether oxygens (including phenoxy) is 2. The van der Waals surface area contributed by atoms with Crippen molar-refractivity contribution in [3.05, 3.63) is 42.4 Å². The van der Waals surface area contributed by atoms with Crippen molar-refractivity contribution in [1.29, 1.82) is 5.26 Å². The first-order valence-electron chi connectivity index (χ1n) is 10.7. The predicted molar refractivity (Wildman–Crippen MR) is 121 cm³/mol. The average molecular weight is 434 g/mol. The molecule has 4 rings (SSSR count). The van der Waals surface area contributed by atoms with Crippen molar-refractivity contribution in [2.24, 2.45) is 0 Å². The number of aromatic nitrogens is 4. The summed E-state index contributed by atoms with van der Waals surface area (Å²) in [7, 11) is 1.64. The third kappa shape index (κ3) is 4.98. The molecule has 1 aromatic carbocycles. The fraction of sp³-hybridized carbons (Fsp3) is 0.391. The first-order valence-corrected chi connectivity index (χ1v) is 10.7. The van der Waals surface area contributed by atoms with Crippen molar-refractivity contribution in [1.82, 2.24) is 25.1 Å². The van der Waals surface area contributed by atoms with E-state index in [0.717, 1.165) is 42.9 Å². The first-order chi connectivity index (χ1) is 15.6. The third-order valence-corrected chi connectivity index (χ3v) is 5.57. The minimum absolute atomic E-state index is 0.219. The van der Waals surface area contributed by atoms with E-state index in [9.17, 15) is 0 Å². The van der Waals surface area contributed by atoms with Crippen LogP contribution in [0.2, 0.25) is 0 Å². The number of nitriles is 1. The lowest BCUT2D eigenvalue weighted by molar-refractivity contribution is 0.0842. The van der Waals surface area contributed by atoms with Crippen LogP contribution in [0.15, 0.2) is 36.7 Å². The molecule has 3 aromatic rings. The first kappa shape index (κ1) is 21.6. The minimum atomic E-state index is 0.219. The number of nitrogens with one attached hydrogen (secondary N) is 2. The molecule has 0 amide bonds. The number of rotatable bonds is 7. The Kier molecular flexibility index (Phi) is 6.52. The second kappa shape index (κ2) is 9.66. The van der Waals surface area contributed by atoms with E-state index in [4.69, 9.17) is 14.7 Å². The molecule has 32 heavy (non-hydrogen) atoms. The average Bonchev–Trinajstić information content (AvgIpc) is 3.28. The molecule has 1 fully saturated rings. The zero-order valence-corrected chi connectivity index (χ0v) is 18.5. The fourth-order valence-electron chi connectivity index (χ4n) is 3.78. The SMILES string of the molecule is COc1cc(OC2CCN(C(C)C)CC2)ccc1-c1cc(Nc2cnc(C#N)cn2)n[nH]1. The predicted octanol–water partition coefficient (Wildman–Crippen LogP) is 3.74. The molecule has 1 aliphatic heterocycles. The quantitative estimate of drug-likeness (QED) is 0.579. The lowest BCUT2D eigenvalue weighted by Gasteiger charge is -2.34. The van der Waals surface area contributed by atoms with Gasteiger partial charge in [0.2, 0.25) is 0 Å². The van der Waals surface area contributed by atoms with E-state index >= 15 is 0 Å². The highest BCUT2D eigenvalue weighted by Gasteiger charge is 2.22. The number of likely N-dealkylation sites (tertiary alicyclic amines) is 1. The van der Waals surface area contributed by atoms with E-state index < -0.39 is 0 Å². The summed E-state index contributed by atoms with van der Waals surface area (Å²) in [4.78, 5) is 10.6. The third-order valence-electron chi connectivity index (χ3n) is 5.57. The molecule has 0 aliphatic carbocycles. The van der Waals surface area contributed by atoms with Crippen LogP contribution >= 0.6 is 0 Å². The maximum atomic E-state index is 8.83. The highest BCUT2D eigenvalue weighted by Crippen LogP contribution is 2.34. The van der Waals surface area contributed by atoms with Crippen LogP contribution < -0.4 is 14.8 Å². The molecule has 0 saturated carbocycles. The van der Waals surface area contributed by atoms with Crippen LogP contribution in [0.25, 0.3) is 11.3 Å². The summed E-state index contributed by atoms with van der Waals surface area (Å²) >= 11 is 0. The molecule has 0 bridgehead atoms.